The first kappa shape index (κ1) is 12.0. The van der Waals surface area contributed by atoms with Crippen molar-refractivity contribution in [2.45, 2.75) is 13.3 Å². The highest BCUT2D eigenvalue weighted by molar-refractivity contribution is 6.30. The van der Waals surface area contributed by atoms with E-state index in [1.54, 1.807) is 0 Å². The van der Waals surface area contributed by atoms with Gasteiger partial charge in [0.15, 0.2) is 0 Å². The van der Waals surface area contributed by atoms with E-state index < -0.39 is 0 Å². The first-order chi connectivity index (χ1) is 9.20. The van der Waals surface area contributed by atoms with E-state index in [9.17, 15) is 0 Å². The zero-order valence-corrected chi connectivity index (χ0v) is 11.2. The highest BCUT2D eigenvalue weighted by Gasteiger charge is 2.07. The van der Waals surface area contributed by atoms with E-state index in [0.717, 1.165) is 39.8 Å². The summed E-state index contributed by atoms with van der Waals surface area (Å²) in [7, 11) is 0. The van der Waals surface area contributed by atoms with Crippen molar-refractivity contribution in [1.82, 2.24) is 20.4 Å². The van der Waals surface area contributed by atoms with Crippen LogP contribution in [0.3, 0.4) is 0 Å². The molecule has 0 amide bonds. The Balaban J connectivity index is 1.82. The molecule has 0 unspecified atom stereocenters. The molecule has 96 valence electrons. The van der Waals surface area contributed by atoms with E-state index in [2.05, 4.69) is 20.4 Å². The van der Waals surface area contributed by atoms with Gasteiger partial charge in [-0.15, -0.1) is 0 Å². The number of nitrogens with zero attached hydrogens (tertiary/aromatic N) is 2. The van der Waals surface area contributed by atoms with Gasteiger partial charge in [0, 0.05) is 22.8 Å². The molecule has 0 atom stereocenters. The van der Waals surface area contributed by atoms with E-state index in [1.807, 2.05) is 43.3 Å². The molecule has 0 aliphatic rings. The standard InChI is InChI=1S/C14H13ClN4/c1-9-5-13(18-16-9)14-8-12(17-19-14)7-10-3-2-4-11(15)6-10/h2-6,8H,7H2,1H3,(H,16,18)(H,17,19). The molecule has 0 radical (unpaired) electrons. The molecule has 4 nitrogen and oxygen atoms in total. The van der Waals surface area contributed by atoms with Crippen molar-refractivity contribution >= 4 is 11.6 Å². The van der Waals surface area contributed by atoms with Gasteiger partial charge < -0.3 is 0 Å². The Labute approximate surface area is 115 Å². The Bertz CT molecular complexity index is 699. The van der Waals surface area contributed by atoms with Gasteiger partial charge in [-0.3, -0.25) is 10.2 Å². The van der Waals surface area contributed by atoms with E-state index in [1.165, 1.54) is 0 Å². The predicted molar refractivity (Wildman–Crippen MR) is 75.2 cm³/mol. The normalized spacial score (nSPS) is 10.8. The third-order valence-corrected chi connectivity index (χ3v) is 3.12. The number of halogens is 1. The van der Waals surface area contributed by atoms with Crippen LogP contribution in [0.2, 0.25) is 5.02 Å². The molecule has 0 spiro atoms. The minimum atomic E-state index is 0.750. The van der Waals surface area contributed by atoms with E-state index >= 15 is 0 Å². The molecular formula is C14H13ClN4. The number of hydrogen-bond acceptors (Lipinski definition) is 2. The van der Waals surface area contributed by atoms with Crippen molar-refractivity contribution in [2.75, 3.05) is 0 Å². The van der Waals surface area contributed by atoms with Crippen LogP contribution in [-0.4, -0.2) is 20.4 Å². The summed E-state index contributed by atoms with van der Waals surface area (Å²) in [5.74, 6) is 0. The number of hydrogen-bond donors (Lipinski definition) is 2. The molecule has 0 saturated carbocycles. The molecule has 5 heteroatoms. The summed E-state index contributed by atoms with van der Waals surface area (Å²) < 4.78 is 0. The molecule has 0 aliphatic heterocycles. The van der Waals surface area contributed by atoms with Crippen molar-refractivity contribution in [3.05, 3.63) is 58.4 Å². The maximum Gasteiger partial charge on any atom is 0.113 e. The van der Waals surface area contributed by atoms with Crippen LogP contribution in [0.1, 0.15) is 17.0 Å². The minimum absolute atomic E-state index is 0.750. The lowest BCUT2D eigenvalue weighted by Crippen LogP contribution is -1.87. The van der Waals surface area contributed by atoms with Crippen LogP contribution >= 0.6 is 11.6 Å². The smallest absolute Gasteiger partial charge is 0.113 e. The fraction of sp³-hybridized carbons (Fsp3) is 0.143. The van der Waals surface area contributed by atoms with Crippen molar-refractivity contribution in [1.29, 1.82) is 0 Å². The van der Waals surface area contributed by atoms with Gasteiger partial charge in [0.2, 0.25) is 0 Å². The summed E-state index contributed by atoms with van der Waals surface area (Å²) in [6.45, 7) is 1.97. The summed E-state index contributed by atoms with van der Waals surface area (Å²) in [5, 5.41) is 15.2. The molecule has 2 heterocycles. The Morgan fingerprint density at radius 2 is 1.84 bits per heavy atom. The molecule has 2 aromatic heterocycles. The number of aromatic amines is 2. The molecule has 3 aromatic rings. The van der Waals surface area contributed by atoms with Crippen LogP contribution < -0.4 is 0 Å². The highest BCUT2D eigenvalue weighted by Crippen LogP contribution is 2.18. The number of rotatable bonds is 3. The Kier molecular flexibility index (Phi) is 3.09. The van der Waals surface area contributed by atoms with E-state index in [4.69, 9.17) is 11.6 Å². The molecule has 19 heavy (non-hydrogen) atoms. The second-order valence-corrected chi connectivity index (χ2v) is 4.96. The summed E-state index contributed by atoms with van der Waals surface area (Å²) in [6, 6.07) is 11.8. The van der Waals surface area contributed by atoms with Crippen LogP contribution in [0.5, 0.6) is 0 Å². The van der Waals surface area contributed by atoms with Gasteiger partial charge >= 0.3 is 0 Å². The lowest BCUT2D eigenvalue weighted by atomic mass is 10.1. The van der Waals surface area contributed by atoms with Gasteiger partial charge in [0.25, 0.3) is 0 Å². The van der Waals surface area contributed by atoms with Gasteiger partial charge in [-0.2, -0.15) is 10.2 Å². The van der Waals surface area contributed by atoms with Gasteiger partial charge in [-0.1, -0.05) is 23.7 Å². The third-order valence-electron chi connectivity index (χ3n) is 2.88. The maximum absolute atomic E-state index is 5.97. The number of H-pyrrole nitrogens is 2. The topological polar surface area (TPSA) is 57.4 Å². The molecule has 0 bridgehead atoms. The van der Waals surface area contributed by atoms with E-state index in [-0.39, 0.29) is 0 Å². The molecule has 0 saturated heterocycles. The van der Waals surface area contributed by atoms with Crippen LogP contribution in [-0.2, 0) is 6.42 Å². The first-order valence-corrected chi connectivity index (χ1v) is 6.39. The summed E-state index contributed by atoms with van der Waals surface area (Å²) in [6.07, 6.45) is 0.775. The first-order valence-electron chi connectivity index (χ1n) is 6.02. The van der Waals surface area contributed by atoms with Gasteiger partial charge in [0.1, 0.15) is 11.4 Å². The molecular weight excluding hydrogens is 260 g/mol. The van der Waals surface area contributed by atoms with Crippen LogP contribution in [0.4, 0.5) is 0 Å². The lowest BCUT2D eigenvalue weighted by molar-refractivity contribution is 0.992. The number of benzene rings is 1. The lowest BCUT2D eigenvalue weighted by Gasteiger charge is -1.98. The second kappa shape index (κ2) is 4.90. The largest absolute Gasteiger partial charge is 0.282 e. The van der Waals surface area contributed by atoms with E-state index in [0.29, 0.717) is 0 Å². The van der Waals surface area contributed by atoms with Crippen molar-refractivity contribution < 1.29 is 0 Å². The fourth-order valence-electron chi connectivity index (χ4n) is 2.00. The molecule has 2 N–H and O–H groups in total. The van der Waals surface area contributed by atoms with Gasteiger partial charge in [-0.05, 0) is 36.8 Å². The highest BCUT2D eigenvalue weighted by atomic mass is 35.5. The Hall–Kier alpha value is -2.07. The molecule has 0 fully saturated rings. The number of nitrogens with one attached hydrogen (secondary N) is 2. The van der Waals surface area contributed by atoms with Crippen molar-refractivity contribution in [3.8, 4) is 11.4 Å². The third kappa shape index (κ3) is 2.69. The SMILES string of the molecule is Cc1cc(-c2cc(Cc3cccc(Cl)c3)[nH]n2)n[nH]1. The summed E-state index contributed by atoms with van der Waals surface area (Å²) >= 11 is 5.97. The second-order valence-electron chi connectivity index (χ2n) is 4.52. The average Bonchev–Trinajstić information content (AvgIpc) is 2.98. The minimum Gasteiger partial charge on any atom is -0.282 e. The zero-order valence-electron chi connectivity index (χ0n) is 10.4. The molecule has 3 rings (SSSR count). The predicted octanol–water partition coefficient (Wildman–Crippen LogP) is 3.35. The van der Waals surface area contributed by atoms with Crippen LogP contribution in [0.15, 0.2) is 36.4 Å². The number of aryl methyl sites for hydroxylation is 1. The summed E-state index contributed by atoms with van der Waals surface area (Å²) in [4.78, 5) is 0. The zero-order chi connectivity index (χ0) is 13.2. The quantitative estimate of drug-likeness (QED) is 0.768. The maximum atomic E-state index is 5.97. The molecule has 0 aliphatic carbocycles. The van der Waals surface area contributed by atoms with Crippen molar-refractivity contribution in [2.24, 2.45) is 0 Å². The molecule has 1 aromatic carbocycles. The average molecular weight is 273 g/mol. The Morgan fingerprint density at radius 1 is 1.05 bits per heavy atom. The van der Waals surface area contributed by atoms with Crippen LogP contribution in [0.25, 0.3) is 11.4 Å². The van der Waals surface area contributed by atoms with Crippen molar-refractivity contribution in [3.63, 3.8) is 0 Å². The van der Waals surface area contributed by atoms with Gasteiger partial charge in [-0.25, -0.2) is 0 Å². The fourth-order valence-corrected chi connectivity index (χ4v) is 2.21. The monoisotopic (exact) mass is 272 g/mol. The van der Waals surface area contributed by atoms with Gasteiger partial charge in [0.05, 0.1) is 0 Å². The summed E-state index contributed by atoms with van der Waals surface area (Å²) in [5.41, 5.74) is 4.92. The van der Waals surface area contributed by atoms with Crippen LogP contribution in [0, 0.1) is 6.92 Å². The Morgan fingerprint density at radius 3 is 2.58 bits per heavy atom. The number of aromatic nitrogens is 4.